The van der Waals surface area contributed by atoms with Gasteiger partial charge in [-0.15, -0.1) is 0 Å². The summed E-state index contributed by atoms with van der Waals surface area (Å²) in [6, 6.07) is 23.0. The Labute approximate surface area is 281 Å². The summed E-state index contributed by atoms with van der Waals surface area (Å²) in [5.41, 5.74) is -0.936. The SMILES string of the molecule is CC(C)(C)OC(=O)N(C(=O)OC(C)(C)C)c1ccc2ccccc2c1Br.CC(C)(C)OC(=O)Nc1ccc2ccccc2c1Br. The van der Waals surface area contributed by atoms with Gasteiger partial charge in [0.05, 0.1) is 11.4 Å². The van der Waals surface area contributed by atoms with Crippen molar-refractivity contribution in [2.75, 3.05) is 10.2 Å². The van der Waals surface area contributed by atoms with Crippen molar-refractivity contribution >= 4 is 83.1 Å². The van der Waals surface area contributed by atoms with Gasteiger partial charge >= 0.3 is 18.3 Å². The molecule has 0 aromatic heterocycles. The Morgan fingerprint density at radius 3 is 1.47 bits per heavy atom. The minimum Gasteiger partial charge on any atom is -0.444 e. The number of hydrogen-bond acceptors (Lipinski definition) is 6. The highest BCUT2D eigenvalue weighted by molar-refractivity contribution is 9.11. The molecular weight excluding hydrogens is 704 g/mol. The molecule has 0 aliphatic heterocycles. The van der Waals surface area contributed by atoms with Gasteiger partial charge in [-0.3, -0.25) is 5.32 Å². The van der Waals surface area contributed by atoms with Gasteiger partial charge in [0.25, 0.3) is 0 Å². The minimum atomic E-state index is -0.789. The highest BCUT2D eigenvalue weighted by atomic mass is 79.9. The van der Waals surface area contributed by atoms with E-state index in [1.165, 1.54) is 0 Å². The number of rotatable bonds is 2. The van der Waals surface area contributed by atoms with Crippen LogP contribution in [-0.2, 0) is 14.2 Å². The summed E-state index contributed by atoms with van der Waals surface area (Å²) in [5.74, 6) is 0. The lowest BCUT2D eigenvalue weighted by Gasteiger charge is -2.29. The predicted molar refractivity (Wildman–Crippen MR) is 188 cm³/mol. The molecule has 4 rings (SSSR count). The van der Waals surface area contributed by atoms with E-state index in [2.05, 4.69) is 37.2 Å². The highest BCUT2D eigenvalue weighted by Gasteiger charge is 2.34. The van der Waals surface area contributed by atoms with Crippen LogP contribution in [0.25, 0.3) is 21.5 Å². The van der Waals surface area contributed by atoms with Gasteiger partial charge in [0, 0.05) is 8.95 Å². The maximum atomic E-state index is 12.8. The minimum absolute atomic E-state index is 0.368. The lowest BCUT2D eigenvalue weighted by molar-refractivity contribution is 0.0429. The number of imide groups is 1. The Kier molecular flexibility index (Phi) is 11.3. The van der Waals surface area contributed by atoms with E-state index >= 15 is 0 Å². The van der Waals surface area contributed by atoms with Crippen molar-refractivity contribution in [1.29, 1.82) is 0 Å². The first-order valence-electron chi connectivity index (χ1n) is 14.4. The number of benzene rings is 4. The number of carbonyl (C=O) groups is 3. The van der Waals surface area contributed by atoms with Gasteiger partial charge in [-0.2, -0.15) is 4.90 Å². The lowest BCUT2D eigenvalue weighted by atomic mass is 10.1. The molecular formula is C35H40Br2N2O6. The van der Waals surface area contributed by atoms with Gasteiger partial charge in [0.2, 0.25) is 0 Å². The number of halogens is 2. The van der Waals surface area contributed by atoms with Crippen LogP contribution in [0.3, 0.4) is 0 Å². The number of carbonyl (C=O) groups excluding carboxylic acids is 3. The molecule has 0 fully saturated rings. The van der Waals surface area contributed by atoms with Crippen molar-refractivity contribution in [1.82, 2.24) is 0 Å². The number of nitrogens with one attached hydrogen (secondary N) is 1. The molecule has 0 bridgehead atoms. The highest BCUT2D eigenvalue weighted by Crippen LogP contribution is 2.36. The number of amides is 3. The van der Waals surface area contributed by atoms with E-state index in [9.17, 15) is 14.4 Å². The fraction of sp³-hybridized carbons (Fsp3) is 0.343. The van der Waals surface area contributed by atoms with Crippen LogP contribution in [0.4, 0.5) is 25.8 Å². The van der Waals surface area contributed by atoms with Crippen LogP contribution in [-0.4, -0.2) is 35.1 Å². The van der Waals surface area contributed by atoms with E-state index < -0.39 is 35.1 Å². The standard InChI is InChI=1S/C20H24BrNO4.C15H16BrNO2/c1-19(2,3)25-17(23)22(18(24)26-20(4,5)6)15-12-11-13-9-7-8-10-14(13)16(15)21;1-15(2,3)19-14(18)17-12-9-8-10-6-4-5-7-11(10)13(12)16/h7-12H,1-6H3;4-9H,1-3H3,(H,17,18). The monoisotopic (exact) mass is 742 g/mol. The third-order valence-electron chi connectivity index (χ3n) is 5.73. The maximum absolute atomic E-state index is 12.8. The Morgan fingerprint density at radius 1 is 0.578 bits per heavy atom. The number of hydrogen-bond donors (Lipinski definition) is 1. The summed E-state index contributed by atoms with van der Waals surface area (Å²) in [6.45, 7) is 16.0. The van der Waals surface area contributed by atoms with E-state index in [0.717, 1.165) is 30.9 Å². The average Bonchev–Trinajstić information content (AvgIpc) is 2.89. The van der Waals surface area contributed by atoms with Crippen molar-refractivity contribution in [2.24, 2.45) is 0 Å². The summed E-state index contributed by atoms with van der Waals surface area (Å²) in [5, 5.41) is 6.78. The fourth-order valence-corrected chi connectivity index (χ4v) is 5.29. The summed E-state index contributed by atoms with van der Waals surface area (Å²) in [6.07, 6.45) is -2.03. The Hall–Kier alpha value is -3.63. The molecule has 45 heavy (non-hydrogen) atoms. The average molecular weight is 745 g/mol. The van der Waals surface area contributed by atoms with Crippen LogP contribution in [0.5, 0.6) is 0 Å². The van der Waals surface area contributed by atoms with Crippen LogP contribution in [0.1, 0.15) is 62.3 Å². The first-order valence-corrected chi connectivity index (χ1v) is 15.9. The van der Waals surface area contributed by atoms with Crippen molar-refractivity contribution in [3.63, 3.8) is 0 Å². The molecule has 0 heterocycles. The third-order valence-corrected chi connectivity index (χ3v) is 7.42. The molecule has 4 aromatic rings. The zero-order chi connectivity index (χ0) is 33.7. The molecule has 0 aliphatic carbocycles. The Balaban J connectivity index is 0.000000257. The van der Waals surface area contributed by atoms with E-state index in [-0.39, 0.29) is 0 Å². The smallest absolute Gasteiger partial charge is 0.424 e. The maximum Gasteiger partial charge on any atom is 0.424 e. The van der Waals surface area contributed by atoms with E-state index in [1.807, 2.05) is 87.5 Å². The zero-order valence-corrected chi connectivity index (χ0v) is 30.3. The third kappa shape index (κ3) is 10.5. The second-order valence-corrected chi connectivity index (χ2v) is 14.8. The molecule has 0 spiro atoms. The normalized spacial score (nSPS) is 11.7. The van der Waals surface area contributed by atoms with Crippen LogP contribution >= 0.6 is 31.9 Å². The van der Waals surface area contributed by atoms with Gasteiger partial charge in [-0.1, -0.05) is 60.7 Å². The largest absolute Gasteiger partial charge is 0.444 e. The van der Waals surface area contributed by atoms with E-state index in [4.69, 9.17) is 14.2 Å². The summed E-state index contributed by atoms with van der Waals surface area (Å²) in [4.78, 5) is 38.2. The van der Waals surface area contributed by atoms with E-state index in [0.29, 0.717) is 15.8 Å². The number of anilines is 2. The zero-order valence-electron chi connectivity index (χ0n) is 27.1. The number of fused-ring (bicyclic) bond motifs is 2. The molecule has 0 unspecified atom stereocenters. The number of ether oxygens (including phenoxy) is 3. The summed E-state index contributed by atoms with van der Waals surface area (Å²) >= 11 is 7.04. The molecule has 0 radical (unpaired) electrons. The van der Waals surface area contributed by atoms with Gasteiger partial charge in [0.1, 0.15) is 16.8 Å². The molecule has 1 N–H and O–H groups in total. The molecule has 0 saturated carbocycles. The molecule has 4 aromatic carbocycles. The van der Waals surface area contributed by atoms with Crippen molar-refractivity contribution in [3.05, 3.63) is 81.7 Å². The first-order chi connectivity index (χ1) is 20.8. The summed E-state index contributed by atoms with van der Waals surface area (Å²) < 4.78 is 17.6. The molecule has 10 heteroatoms. The van der Waals surface area contributed by atoms with E-state index in [1.54, 1.807) is 47.6 Å². The second-order valence-electron chi connectivity index (χ2n) is 13.2. The first kappa shape index (κ1) is 35.8. The fourth-order valence-electron chi connectivity index (χ4n) is 4.02. The van der Waals surface area contributed by atoms with Crippen LogP contribution < -0.4 is 10.2 Å². The van der Waals surface area contributed by atoms with Crippen LogP contribution in [0.2, 0.25) is 0 Å². The molecule has 240 valence electrons. The Bertz CT molecular complexity index is 1670. The Morgan fingerprint density at radius 2 is 1.00 bits per heavy atom. The van der Waals surface area contributed by atoms with Crippen molar-refractivity contribution < 1.29 is 28.6 Å². The van der Waals surface area contributed by atoms with Crippen molar-refractivity contribution in [3.8, 4) is 0 Å². The second kappa shape index (κ2) is 14.2. The predicted octanol–water partition coefficient (Wildman–Crippen LogP) is 11.2. The van der Waals surface area contributed by atoms with Gasteiger partial charge in [0.15, 0.2) is 0 Å². The molecule has 3 amide bonds. The lowest BCUT2D eigenvalue weighted by Crippen LogP contribution is -2.44. The van der Waals surface area contributed by atoms with Crippen LogP contribution in [0, 0.1) is 0 Å². The van der Waals surface area contributed by atoms with Gasteiger partial charge in [-0.05, 0) is 128 Å². The van der Waals surface area contributed by atoms with Crippen molar-refractivity contribution in [2.45, 2.75) is 79.1 Å². The quantitative estimate of drug-likeness (QED) is 0.205. The topological polar surface area (TPSA) is 94.2 Å². The van der Waals surface area contributed by atoms with Gasteiger partial charge < -0.3 is 14.2 Å². The van der Waals surface area contributed by atoms with Crippen LogP contribution in [0.15, 0.2) is 81.7 Å². The molecule has 8 nitrogen and oxygen atoms in total. The number of nitrogens with zero attached hydrogens (tertiary/aromatic N) is 1. The molecule has 0 aliphatic rings. The molecule has 0 atom stereocenters. The van der Waals surface area contributed by atoms with Gasteiger partial charge in [-0.25, -0.2) is 14.4 Å². The summed E-state index contributed by atoms with van der Waals surface area (Å²) in [7, 11) is 0. The molecule has 0 saturated heterocycles.